The lowest BCUT2D eigenvalue weighted by Gasteiger charge is -2.11. The molecule has 3 rings (SSSR count). The number of hydrogen-bond donors (Lipinski definition) is 0. The average Bonchev–Trinajstić information content (AvgIpc) is 2.96. The second kappa shape index (κ2) is 6.09. The summed E-state index contributed by atoms with van der Waals surface area (Å²) in [5.41, 5.74) is 1.07. The van der Waals surface area contributed by atoms with Crippen LogP contribution in [0.15, 0.2) is 53.6 Å². The molecule has 0 atom stereocenters. The lowest BCUT2D eigenvalue weighted by Crippen LogP contribution is -2.20. The number of rotatable bonds is 4. The van der Waals surface area contributed by atoms with Crippen LogP contribution >= 0.6 is 0 Å². The first-order chi connectivity index (χ1) is 11.4. The number of aryl methyl sites for hydroxylation is 1. The Hall–Kier alpha value is -2.67. The summed E-state index contributed by atoms with van der Waals surface area (Å²) in [5, 5.41) is 0.552. The molecule has 7 heteroatoms. The van der Waals surface area contributed by atoms with Gasteiger partial charge in [-0.25, -0.2) is 22.2 Å². The third-order valence-electron chi connectivity index (χ3n) is 3.56. The number of aromatic nitrogens is 2. The maximum atomic E-state index is 13.1. The number of hydrogen-bond acceptors (Lipinski definition) is 5. The molecule has 0 amide bonds. The first-order valence-corrected chi connectivity index (χ1v) is 8.85. The van der Waals surface area contributed by atoms with Crippen LogP contribution in [0, 0.1) is 6.92 Å². The van der Waals surface area contributed by atoms with Crippen molar-refractivity contribution in [2.45, 2.75) is 18.7 Å². The largest absolute Gasteiger partial charge is 0.461 e. The maximum Gasteiger partial charge on any atom is 0.356 e. The number of ether oxygens (including phenoxy) is 1. The van der Waals surface area contributed by atoms with Crippen LogP contribution in [0.4, 0.5) is 0 Å². The molecule has 0 unspecified atom stereocenters. The smallest absolute Gasteiger partial charge is 0.356 e. The van der Waals surface area contributed by atoms with E-state index in [1.165, 1.54) is 24.4 Å². The molecule has 0 aliphatic carbocycles. The summed E-state index contributed by atoms with van der Waals surface area (Å²) in [6, 6.07) is 11.3. The second-order valence-electron chi connectivity index (χ2n) is 5.25. The van der Waals surface area contributed by atoms with Gasteiger partial charge in [0.15, 0.2) is 5.65 Å². The molecular weight excluding hydrogens is 328 g/mol. The minimum atomic E-state index is -3.98. The summed E-state index contributed by atoms with van der Waals surface area (Å²) in [6.07, 6.45) is 1.48. The van der Waals surface area contributed by atoms with Crippen LogP contribution in [0.3, 0.4) is 0 Å². The van der Waals surface area contributed by atoms with Crippen LogP contribution in [-0.2, 0) is 14.8 Å². The standard InChI is InChI=1S/C17H16N2O4S/c1-3-23-17(20)15-11-13-5-4-10-18-16(13)19(15)24(21,22)14-8-6-12(2)7-9-14/h4-11H,3H2,1-2H3. The maximum absolute atomic E-state index is 13.1. The van der Waals surface area contributed by atoms with Gasteiger partial charge in [-0.1, -0.05) is 17.7 Å². The van der Waals surface area contributed by atoms with E-state index in [9.17, 15) is 13.2 Å². The van der Waals surface area contributed by atoms with Crippen molar-refractivity contribution in [1.82, 2.24) is 8.96 Å². The van der Waals surface area contributed by atoms with Gasteiger partial charge in [-0.2, -0.15) is 0 Å². The van der Waals surface area contributed by atoms with E-state index in [0.29, 0.717) is 5.39 Å². The second-order valence-corrected chi connectivity index (χ2v) is 7.04. The lowest BCUT2D eigenvalue weighted by atomic mass is 10.2. The zero-order valence-electron chi connectivity index (χ0n) is 13.3. The molecule has 0 fully saturated rings. The quantitative estimate of drug-likeness (QED) is 0.680. The Morgan fingerprint density at radius 3 is 2.58 bits per heavy atom. The highest BCUT2D eigenvalue weighted by Crippen LogP contribution is 2.25. The van der Waals surface area contributed by atoms with Crippen molar-refractivity contribution in [2.75, 3.05) is 6.61 Å². The van der Waals surface area contributed by atoms with E-state index in [2.05, 4.69) is 4.98 Å². The molecule has 2 aromatic heterocycles. The summed E-state index contributed by atoms with van der Waals surface area (Å²) in [4.78, 5) is 16.4. The van der Waals surface area contributed by atoms with Gasteiger partial charge >= 0.3 is 5.97 Å². The van der Waals surface area contributed by atoms with Crippen LogP contribution in [-0.4, -0.2) is 30.0 Å². The van der Waals surface area contributed by atoms with Crippen molar-refractivity contribution >= 4 is 27.0 Å². The topological polar surface area (TPSA) is 78.3 Å². The van der Waals surface area contributed by atoms with Crippen molar-refractivity contribution in [3.05, 3.63) is 59.9 Å². The third kappa shape index (κ3) is 2.67. The van der Waals surface area contributed by atoms with E-state index in [1.54, 1.807) is 31.2 Å². The number of fused-ring (bicyclic) bond motifs is 1. The Morgan fingerprint density at radius 2 is 1.92 bits per heavy atom. The lowest BCUT2D eigenvalue weighted by molar-refractivity contribution is 0.0518. The SMILES string of the molecule is CCOC(=O)c1cc2cccnc2n1S(=O)(=O)c1ccc(C)cc1. The first kappa shape index (κ1) is 16.2. The van der Waals surface area contributed by atoms with Gasteiger partial charge in [-0.05, 0) is 44.2 Å². The van der Waals surface area contributed by atoms with Gasteiger partial charge in [0.25, 0.3) is 10.0 Å². The molecule has 24 heavy (non-hydrogen) atoms. The Morgan fingerprint density at radius 1 is 1.21 bits per heavy atom. The normalized spacial score (nSPS) is 11.6. The first-order valence-electron chi connectivity index (χ1n) is 7.41. The minimum absolute atomic E-state index is 0.0638. The van der Waals surface area contributed by atoms with Crippen molar-refractivity contribution < 1.29 is 17.9 Å². The van der Waals surface area contributed by atoms with Crippen molar-refractivity contribution in [2.24, 2.45) is 0 Å². The van der Waals surface area contributed by atoms with Gasteiger partial charge in [0.2, 0.25) is 0 Å². The van der Waals surface area contributed by atoms with E-state index in [1.807, 2.05) is 6.92 Å². The van der Waals surface area contributed by atoms with E-state index < -0.39 is 16.0 Å². The number of carbonyl (C=O) groups is 1. The van der Waals surface area contributed by atoms with E-state index in [4.69, 9.17) is 4.74 Å². The van der Waals surface area contributed by atoms with Crippen LogP contribution in [0.2, 0.25) is 0 Å². The summed E-state index contributed by atoms with van der Waals surface area (Å²) in [5.74, 6) is -0.703. The molecule has 1 aromatic carbocycles. The van der Waals surface area contributed by atoms with Crippen molar-refractivity contribution in [3.8, 4) is 0 Å². The molecule has 0 N–H and O–H groups in total. The molecule has 124 valence electrons. The van der Waals surface area contributed by atoms with Gasteiger partial charge < -0.3 is 4.74 Å². The van der Waals surface area contributed by atoms with Crippen LogP contribution in [0.1, 0.15) is 23.0 Å². The number of carbonyl (C=O) groups excluding carboxylic acids is 1. The van der Waals surface area contributed by atoms with E-state index >= 15 is 0 Å². The summed E-state index contributed by atoms with van der Waals surface area (Å²) in [7, 11) is -3.98. The highest BCUT2D eigenvalue weighted by molar-refractivity contribution is 7.90. The highest BCUT2D eigenvalue weighted by atomic mass is 32.2. The Kier molecular flexibility index (Phi) is 4.11. The predicted molar refractivity (Wildman–Crippen MR) is 89.5 cm³/mol. The third-order valence-corrected chi connectivity index (χ3v) is 5.28. The zero-order valence-corrected chi connectivity index (χ0v) is 14.1. The Bertz CT molecular complexity index is 1000. The van der Waals surface area contributed by atoms with Crippen LogP contribution in [0.25, 0.3) is 11.0 Å². The fourth-order valence-electron chi connectivity index (χ4n) is 2.42. The molecule has 0 bridgehead atoms. The van der Waals surface area contributed by atoms with Crippen molar-refractivity contribution in [1.29, 1.82) is 0 Å². The average molecular weight is 344 g/mol. The molecule has 0 saturated heterocycles. The Balaban J connectivity index is 2.29. The van der Waals surface area contributed by atoms with E-state index in [0.717, 1.165) is 9.54 Å². The van der Waals surface area contributed by atoms with Gasteiger partial charge in [0, 0.05) is 11.6 Å². The van der Waals surface area contributed by atoms with Crippen molar-refractivity contribution in [3.63, 3.8) is 0 Å². The number of nitrogens with zero attached hydrogens (tertiary/aromatic N) is 2. The van der Waals surface area contributed by atoms with E-state index in [-0.39, 0.29) is 22.8 Å². The number of benzene rings is 1. The summed E-state index contributed by atoms with van der Waals surface area (Å²) in [6.45, 7) is 3.68. The molecule has 0 aliphatic heterocycles. The monoisotopic (exact) mass is 344 g/mol. The van der Waals surface area contributed by atoms with Gasteiger partial charge in [0.1, 0.15) is 5.69 Å². The van der Waals surface area contributed by atoms with Crippen LogP contribution < -0.4 is 0 Å². The minimum Gasteiger partial charge on any atom is -0.461 e. The van der Waals surface area contributed by atoms with Gasteiger partial charge in [-0.15, -0.1) is 0 Å². The number of pyridine rings is 1. The summed E-state index contributed by atoms with van der Waals surface area (Å²) >= 11 is 0. The van der Waals surface area contributed by atoms with Gasteiger partial charge in [0.05, 0.1) is 11.5 Å². The predicted octanol–water partition coefficient (Wildman–Crippen LogP) is 2.76. The molecule has 0 spiro atoms. The molecule has 0 aliphatic rings. The molecule has 3 aromatic rings. The molecule has 2 heterocycles. The fraction of sp³-hybridized carbons (Fsp3) is 0.176. The Labute approximate surface area is 139 Å². The molecule has 0 radical (unpaired) electrons. The molecular formula is C17H16N2O4S. The number of esters is 1. The molecule has 0 saturated carbocycles. The summed E-state index contributed by atoms with van der Waals surface area (Å²) < 4.78 is 32.1. The fourth-order valence-corrected chi connectivity index (χ4v) is 3.87. The highest BCUT2D eigenvalue weighted by Gasteiger charge is 2.27. The zero-order chi connectivity index (χ0) is 17.3. The van der Waals surface area contributed by atoms with Gasteiger partial charge in [-0.3, -0.25) is 0 Å². The molecule has 6 nitrogen and oxygen atoms in total. The van der Waals surface area contributed by atoms with Crippen LogP contribution in [0.5, 0.6) is 0 Å².